The topological polar surface area (TPSA) is 17.1 Å². The third kappa shape index (κ3) is 3.46. The van der Waals surface area contributed by atoms with E-state index in [0.29, 0.717) is 5.75 Å². The summed E-state index contributed by atoms with van der Waals surface area (Å²) in [5, 5.41) is 0. The van der Waals surface area contributed by atoms with Crippen LogP contribution in [-0.4, -0.2) is 17.3 Å². The molecule has 0 aromatic heterocycles. The molecule has 0 N–H and O–H groups in total. The van der Waals surface area contributed by atoms with E-state index in [1.165, 1.54) is 0 Å². The molecule has 0 aliphatic heterocycles. The molecular formula is C11H13BrOS. The van der Waals surface area contributed by atoms with Crippen molar-refractivity contribution < 1.29 is 4.79 Å². The van der Waals surface area contributed by atoms with Crippen LogP contribution in [0.4, 0.5) is 0 Å². The number of thioether (sulfide) groups is 1. The highest BCUT2D eigenvalue weighted by atomic mass is 79.9. The smallest absolute Gasteiger partial charge is 0.173 e. The van der Waals surface area contributed by atoms with Crippen molar-refractivity contribution in [3.8, 4) is 0 Å². The lowest BCUT2D eigenvalue weighted by atomic mass is 10.1. The summed E-state index contributed by atoms with van der Waals surface area (Å²) < 4.78 is 0.891. The number of carbonyl (C=O) groups excluding carboxylic acids is 1. The van der Waals surface area contributed by atoms with Gasteiger partial charge in [-0.3, -0.25) is 4.79 Å². The van der Waals surface area contributed by atoms with Crippen molar-refractivity contribution in [2.24, 2.45) is 0 Å². The first kappa shape index (κ1) is 11.8. The molecule has 0 spiro atoms. The lowest BCUT2D eigenvalue weighted by Crippen LogP contribution is -2.03. The molecule has 0 fully saturated rings. The van der Waals surface area contributed by atoms with Gasteiger partial charge in [-0.2, -0.15) is 11.8 Å². The lowest BCUT2D eigenvalue weighted by molar-refractivity contribution is 0.102. The number of rotatable bonds is 5. The first-order chi connectivity index (χ1) is 6.75. The number of Topliss-reactive ketones (excluding diaryl/α,β-unsaturated/α-hetero) is 1. The maximum absolute atomic E-state index is 11.7. The molecule has 0 aliphatic rings. The fourth-order valence-electron chi connectivity index (χ4n) is 1.07. The Labute approximate surface area is 97.4 Å². The number of ketones is 1. The van der Waals surface area contributed by atoms with Crippen molar-refractivity contribution in [1.82, 2.24) is 0 Å². The Bertz CT molecular complexity index is 312. The van der Waals surface area contributed by atoms with Gasteiger partial charge in [0, 0.05) is 10.0 Å². The molecule has 0 saturated carbocycles. The molecule has 0 heterocycles. The van der Waals surface area contributed by atoms with Crippen LogP contribution < -0.4 is 0 Å². The molecule has 76 valence electrons. The van der Waals surface area contributed by atoms with Gasteiger partial charge in [0.2, 0.25) is 0 Å². The molecule has 0 atom stereocenters. The molecule has 0 radical (unpaired) electrons. The Morgan fingerprint density at radius 1 is 1.43 bits per heavy atom. The second-order valence-corrected chi connectivity index (χ2v) is 4.92. The first-order valence-electron chi connectivity index (χ1n) is 4.61. The van der Waals surface area contributed by atoms with Gasteiger partial charge < -0.3 is 0 Å². The largest absolute Gasteiger partial charge is 0.293 e. The zero-order valence-corrected chi connectivity index (χ0v) is 10.5. The average Bonchev–Trinajstić information content (AvgIpc) is 2.18. The number of carbonyl (C=O) groups is 1. The van der Waals surface area contributed by atoms with Crippen LogP contribution >= 0.6 is 27.7 Å². The predicted octanol–water partition coefficient (Wildman–Crippen LogP) is 3.78. The monoisotopic (exact) mass is 272 g/mol. The fourth-order valence-corrected chi connectivity index (χ4v) is 2.35. The van der Waals surface area contributed by atoms with Crippen LogP contribution in [-0.2, 0) is 0 Å². The molecular weight excluding hydrogens is 260 g/mol. The van der Waals surface area contributed by atoms with Crippen molar-refractivity contribution in [1.29, 1.82) is 0 Å². The Balaban J connectivity index is 2.56. The van der Waals surface area contributed by atoms with E-state index < -0.39 is 0 Å². The zero-order chi connectivity index (χ0) is 10.4. The standard InChI is InChI=1S/C11H13BrOS/c1-2-7-14-8-11(13)9-5-3-4-6-10(9)12/h3-6H,2,7-8H2,1H3. The minimum Gasteiger partial charge on any atom is -0.293 e. The molecule has 1 nitrogen and oxygen atoms in total. The minimum absolute atomic E-state index is 0.205. The highest BCUT2D eigenvalue weighted by molar-refractivity contribution is 9.10. The average molecular weight is 273 g/mol. The van der Waals surface area contributed by atoms with Crippen LogP contribution in [0.15, 0.2) is 28.7 Å². The summed E-state index contributed by atoms with van der Waals surface area (Å²) in [6.45, 7) is 2.12. The van der Waals surface area contributed by atoms with E-state index in [4.69, 9.17) is 0 Å². The molecule has 0 unspecified atom stereocenters. The van der Waals surface area contributed by atoms with Crippen LogP contribution in [0.1, 0.15) is 23.7 Å². The van der Waals surface area contributed by atoms with Crippen LogP contribution in [0.3, 0.4) is 0 Å². The molecule has 0 saturated heterocycles. The van der Waals surface area contributed by atoms with Gasteiger partial charge in [-0.05, 0) is 18.2 Å². The maximum atomic E-state index is 11.7. The van der Waals surface area contributed by atoms with Gasteiger partial charge in [-0.25, -0.2) is 0 Å². The van der Waals surface area contributed by atoms with Gasteiger partial charge in [0.15, 0.2) is 5.78 Å². The molecule has 1 aromatic rings. The molecule has 0 bridgehead atoms. The SMILES string of the molecule is CCCSCC(=O)c1ccccc1Br. The highest BCUT2D eigenvalue weighted by Crippen LogP contribution is 2.18. The number of benzene rings is 1. The van der Waals surface area contributed by atoms with Gasteiger partial charge in [0.25, 0.3) is 0 Å². The van der Waals surface area contributed by atoms with E-state index >= 15 is 0 Å². The second kappa shape index (κ2) is 6.25. The normalized spacial score (nSPS) is 10.1. The number of halogens is 1. The second-order valence-electron chi connectivity index (χ2n) is 2.96. The summed E-state index contributed by atoms with van der Waals surface area (Å²) in [6.07, 6.45) is 1.12. The van der Waals surface area contributed by atoms with Gasteiger partial charge in [-0.15, -0.1) is 0 Å². The van der Waals surface area contributed by atoms with E-state index in [0.717, 1.165) is 22.2 Å². The quantitative estimate of drug-likeness (QED) is 0.600. The molecule has 1 aromatic carbocycles. The van der Waals surface area contributed by atoms with E-state index in [2.05, 4.69) is 22.9 Å². The summed E-state index contributed by atoms with van der Waals surface area (Å²) >= 11 is 5.07. The van der Waals surface area contributed by atoms with Gasteiger partial charge in [-0.1, -0.05) is 41.1 Å². The van der Waals surface area contributed by atoms with Crippen molar-refractivity contribution in [2.45, 2.75) is 13.3 Å². The van der Waals surface area contributed by atoms with E-state index in [1.54, 1.807) is 11.8 Å². The summed E-state index contributed by atoms with van der Waals surface area (Å²) in [4.78, 5) is 11.7. The summed E-state index contributed by atoms with van der Waals surface area (Å²) in [6, 6.07) is 7.57. The first-order valence-corrected chi connectivity index (χ1v) is 6.56. The van der Waals surface area contributed by atoms with Crippen LogP contribution in [0, 0.1) is 0 Å². The summed E-state index contributed by atoms with van der Waals surface area (Å²) in [5.41, 5.74) is 0.788. The van der Waals surface area contributed by atoms with Crippen LogP contribution in [0.5, 0.6) is 0 Å². The zero-order valence-electron chi connectivity index (χ0n) is 8.13. The lowest BCUT2D eigenvalue weighted by Gasteiger charge is -2.02. The predicted molar refractivity (Wildman–Crippen MR) is 66.1 cm³/mol. The van der Waals surface area contributed by atoms with E-state index in [1.807, 2.05) is 24.3 Å². The van der Waals surface area contributed by atoms with Gasteiger partial charge >= 0.3 is 0 Å². The summed E-state index contributed by atoms with van der Waals surface area (Å²) in [5.74, 6) is 1.84. The van der Waals surface area contributed by atoms with E-state index in [9.17, 15) is 4.79 Å². The fraction of sp³-hybridized carbons (Fsp3) is 0.364. The van der Waals surface area contributed by atoms with Crippen molar-refractivity contribution >= 4 is 33.5 Å². The van der Waals surface area contributed by atoms with Gasteiger partial charge in [0.05, 0.1) is 5.75 Å². The molecule has 3 heteroatoms. The highest BCUT2D eigenvalue weighted by Gasteiger charge is 2.08. The third-order valence-corrected chi connectivity index (χ3v) is 3.61. The van der Waals surface area contributed by atoms with Crippen molar-refractivity contribution in [3.63, 3.8) is 0 Å². The van der Waals surface area contributed by atoms with Crippen LogP contribution in [0.2, 0.25) is 0 Å². The molecule has 0 amide bonds. The Morgan fingerprint density at radius 3 is 2.79 bits per heavy atom. The van der Waals surface area contributed by atoms with Crippen molar-refractivity contribution in [3.05, 3.63) is 34.3 Å². The minimum atomic E-state index is 0.205. The molecule has 0 aliphatic carbocycles. The Morgan fingerprint density at radius 2 is 2.14 bits per heavy atom. The number of hydrogen-bond acceptors (Lipinski definition) is 2. The molecule has 14 heavy (non-hydrogen) atoms. The van der Waals surface area contributed by atoms with Crippen molar-refractivity contribution in [2.75, 3.05) is 11.5 Å². The third-order valence-electron chi connectivity index (χ3n) is 1.76. The van der Waals surface area contributed by atoms with E-state index in [-0.39, 0.29) is 5.78 Å². The number of hydrogen-bond donors (Lipinski definition) is 0. The maximum Gasteiger partial charge on any atom is 0.173 e. The Hall–Kier alpha value is -0.280. The Kier molecular flexibility index (Phi) is 5.26. The van der Waals surface area contributed by atoms with Gasteiger partial charge in [0.1, 0.15) is 0 Å². The van der Waals surface area contributed by atoms with Crippen LogP contribution in [0.25, 0.3) is 0 Å². The summed E-state index contributed by atoms with van der Waals surface area (Å²) in [7, 11) is 0. The molecule has 1 rings (SSSR count).